The van der Waals surface area contributed by atoms with E-state index in [9.17, 15) is 15.3 Å². The van der Waals surface area contributed by atoms with Crippen LogP contribution in [0, 0.1) is 0 Å². The molecule has 0 aliphatic carbocycles. The Balaban J connectivity index is 1.65. The monoisotopic (exact) mass is 377 g/mol. The van der Waals surface area contributed by atoms with Crippen LogP contribution < -0.4 is 4.90 Å². The summed E-state index contributed by atoms with van der Waals surface area (Å²) < 4.78 is 14.4. The molecule has 0 aromatic carbocycles. The van der Waals surface area contributed by atoms with Gasteiger partial charge in [-0.05, 0) is 0 Å². The predicted molar refractivity (Wildman–Crippen MR) is 90.1 cm³/mol. The molecule has 0 amide bonds. The summed E-state index contributed by atoms with van der Waals surface area (Å²) in [6.07, 6.45) is -1.15. The summed E-state index contributed by atoms with van der Waals surface area (Å²) in [6.45, 7) is 2.14. The van der Waals surface area contributed by atoms with E-state index < -0.39 is 31.1 Å². The molecule has 0 spiro atoms. The van der Waals surface area contributed by atoms with Crippen molar-refractivity contribution < 1.29 is 24.8 Å². The SMILES string of the molecule is OC[C@H]1O[C@@H](n2cnc3c2nc(N2CCOCC2)n2cnnc32)[C@H](O)[C@@H]1O. The molecule has 12 nitrogen and oxygen atoms in total. The van der Waals surface area contributed by atoms with Crippen molar-refractivity contribution in [2.24, 2.45) is 0 Å². The number of anilines is 1. The third-order valence-electron chi connectivity index (χ3n) is 5.03. The van der Waals surface area contributed by atoms with Crippen LogP contribution >= 0.6 is 0 Å². The Morgan fingerprint density at radius 3 is 2.67 bits per heavy atom. The second kappa shape index (κ2) is 6.35. The molecule has 5 heterocycles. The Morgan fingerprint density at radius 1 is 1.11 bits per heavy atom. The number of hydrogen-bond acceptors (Lipinski definition) is 10. The Hall–Kier alpha value is -2.38. The minimum absolute atomic E-state index is 0.401. The summed E-state index contributed by atoms with van der Waals surface area (Å²) >= 11 is 0. The standard InChI is InChI=1S/C15H19N7O5/c23-5-8-10(24)11(25)14(27-8)21-6-16-9-12(21)18-15(20-1-3-26-4-2-20)22-7-17-19-13(9)22/h6-8,10-11,14,23-25H,1-5H2/t8-,10-,11-,14-/m1/s1. The quantitative estimate of drug-likeness (QED) is 0.465. The van der Waals surface area contributed by atoms with Gasteiger partial charge in [0.2, 0.25) is 5.95 Å². The molecule has 0 radical (unpaired) electrons. The number of morpholine rings is 1. The molecular formula is C15H19N7O5. The minimum Gasteiger partial charge on any atom is -0.394 e. The van der Waals surface area contributed by atoms with Gasteiger partial charge in [-0.1, -0.05) is 0 Å². The van der Waals surface area contributed by atoms with Gasteiger partial charge in [0, 0.05) is 13.1 Å². The second-order valence-electron chi connectivity index (χ2n) is 6.59. The van der Waals surface area contributed by atoms with Crippen LogP contribution in [0.4, 0.5) is 5.95 Å². The molecule has 5 rings (SSSR count). The number of aliphatic hydroxyl groups excluding tert-OH is 3. The number of aromatic nitrogens is 6. The van der Waals surface area contributed by atoms with E-state index >= 15 is 0 Å². The molecule has 0 saturated carbocycles. The van der Waals surface area contributed by atoms with Crippen LogP contribution in [0.3, 0.4) is 0 Å². The van der Waals surface area contributed by atoms with Crippen molar-refractivity contribution in [3.05, 3.63) is 12.7 Å². The van der Waals surface area contributed by atoms with E-state index in [2.05, 4.69) is 20.1 Å². The molecule has 12 heteroatoms. The molecule has 3 aromatic heterocycles. The van der Waals surface area contributed by atoms with E-state index in [4.69, 9.17) is 14.5 Å². The third-order valence-corrected chi connectivity index (χ3v) is 5.03. The lowest BCUT2D eigenvalue weighted by Crippen LogP contribution is -2.38. The smallest absolute Gasteiger partial charge is 0.214 e. The first kappa shape index (κ1) is 16.8. The van der Waals surface area contributed by atoms with E-state index in [1.165, 1.54) is 6.33 Å². The largest absolute Gasteiger partial charge is 0.394 e. The zero-order valence-corrected chi connectivity index (χ0v) is 14.3. The van der Waals surface area contributed by atoms with Gasteiger partial charge < -0.3 is 29.7 Å². The molecule has 2 fully saturated rings. The number of nitrogens with zero attached hydrogens (tertiary/aromatic N) is 7. The lowest BCUT2D eigenvalue weighted by molar-refractivity contribution is -0.0511. The molecule has 3 N–H and O–H groups in total. The van der Waals surface area contributed by atoms with Crippen molar-refractivity contribution in [1.29, 1.82) is 0 Å². The zero-order chi connectivity index (χ0) is 18.5. The highest BCUT2D eigenvalue weighted by Gasteiger charge is 2.44. The van der Waals surface area contributed by atoms with Gasteiger partial charge in [0.15, 0.2) is 23.0 Å². The molecule has 144 valence electrons. The maximum Gasteiger partial charge on any atom is 0.214 e. The molecule has 2 saturated heterocycles. The Morgan fingerprint density at radius 2 is 1.93 bits per heavy atom. The lowest BCUT2D eigenvalue weighted by Gasteiger charge is -2.28. The van der Waals surface area contributed by atoms with Gasteiger partial charge in [-0.15, -0.1) is 10.2 Å². The van der Waals surface area contributed by atoms with Crippen LogP contribution in [-0.2, 0) is 9.47 Å². The first-order valence-corrected chi connectivity index (χ1v) is 8.70. The fourth-order valence-corrected chi connectivity index (χ4v) is 3.60. The lowest BCUT2D eigenvalue weighted by atomic mass is 10.1. The molecule has 0 bridgehead atoms. The van der Waals surface area contributed by atoms with Gasteiger partial charge in [-0.2, -0.15) is 4.98 Å². The maximum absolute atomic E-state index is 10.4. The molecule has 2 aliphatic rings. The molecular weight excluding hydrogens is 358 g/mol. The number of fused-ring (bicyclic) bond motifs is 3. The van der Waals surface area contributed by atoms with E-state index in [1.54, 1.807) is 15.3 Å². The van der Waals surface area contributed by atoms with Gasteiger partial charge in [0.05, 0.1) is 26.1 Å². The average molecular weight is 377 g/mol. The van der Waals surface area contributed by atoms with E-state index in [0.29, 0.717) is 49.1 Å². The van der Waals surface area contributed by atoms with Crippen molar-refractivity contribution in [2.45, 2.75) is 24.5 Å². The van der Waals surface area contributed by atoms with Crippen LogP contribution in [-0.4, -0.2) is 95.7 Å². The van der Waals surface area contributed by atoms with Crippen LogP contribution in [0.15, 0.2) is 12.7 Å². The highest BCUT2D eigenvalue weighted by molar-refractivity contribution is 5.86. The van der Waals surface area contributed by atoms with Crippen LogP contribution in [0.5, 0.6) is 0 Å². The first-order chi connectivity index (χ1) is 13.2. The number of rotatable bonds is 3. The van der Waals surface area contributed by atoms with E-state index in [1.807, 2.05) is 0 Å². The van der Waals surface area contributed by atoms with E-state index in [-0.39, 0.29) is 0 Å². The summed E-state index contributed by atoms with van der Waals surface area (Å²) in [5.74, 6) is 0.638. The summed E-state index contributed by atoms with van der Waals surface area (Å²) in [5, 5.41) is 37.9. The van der Waals surface area contributed by atoms with Crippen molar-refractivity contribution in [1.82, 2.24) is 29.1 Å². The van der Waals surface area contributed by atoms with Crippen LogP contribution in [0.2, 0.25) is 0 Å². The Bertz CT molecular complexity index is 968. The first-order valence-electron chi connectivity index (χ1n) is 8.70. The van der Waals surface area contributed by atoms with Crippen molar-refractivity contribution in [3.63, 3.8) is 0 Å². The van der Waals surface area contributed by atoms with Crippen molar-refractivity contribution >= 4 is 22.8 Å². The van der Waals surface area contributed by atoms with E-state index in [0.717, 1.165) is 0 Å². The Labute approximate surface area is 152 Å². The topological polar surface area (TPSA) is 143 Å². The van der Waals surface area contributed by atoms with Crippen LogP contribution in [0.25, 0.3) is 16.8 Å². The number of ether oxygens (including phenoxy) is 2. The highest BCUT2D eigenvalue weighted by Crippen LogP contribution is 2.32. The molecule has 0 unspecified atom stereocenters. The van der Waals surface area contributed by atoms with Gasteiger partial charge >= 0.3 is 0 Å². The van der Waals surface area contributed by atoms with Gasteiger partial charge in [-0.25, -0.2) is 9.38 Å². The highest BCUT2D eigenvalue weighted by atomic mass is 16.6. The number of imidazole rings is 1. The second-order valence-corrected chi connectivity index (χ2v) is 6.59. The summed E-state index contributed by atoms with van der Waals surface area (Å²) in [7, 11) is 0. The fraction of sp³-hybridized carbons (Fsp3) is 0.600. The molecule has 4 atom stereocenters. The molecule has 2 aliphatic heterocycles. The third kappa shape index (κ3) is 2.49. The normalized spacial score (nSPS) is 29.2. The summed E-state index contributed by atoms with van der Waals surface area (Å²) in [6, 6.07) is 0. The van der Waals surface area contributed by atoms with Crippen molar-refractivity contribution in [2.75, 3.05) is 37.8 Å². The number of aliphatic hydroxyl groups is 3. The maximum atomic E-state index is 10.4. The Kier molecular flexibility index (Phi) is 3.94. The molecule has 27 heavy (non-hydrogen) atoms. The average Bonchev–Trinajstić information content (AvgIpc) is 3.40. The van der Waals surface area contributed by atoms with Crippen molar-refractivity contribution in [3.8, 4) is 0 Å². The fourth-order valence-electron chi connectivity index (χ4n) is 3.60. The predicted octanol–water partition coefficient (Wildman–Crippen LogP) is -2.08. The zero-order valence-electron chi connectivity index (χ0n) is 14.3. The summed E-state index contributed by atoms with van der Waals surface area (Å²) in [5.41, 5.74) is 1.49. The van der Waals surface area contributed by atoms with Crippen LogP contribution in [0.1, 0.15) is 6.23 Å². The van der Waals surface area contributed by atoms with Gasteiger partial charge in [-0.3, -0.25) is 4.57 Å². The summed E-state index contributed by atoms with van der Waals surface area (Å²) in [4.78, 5) is 11.2. The van der Waals surface area contributed by atoms with Gasteiger partial charge in [0.1, 0.15) is 24.6 Å². The van der Waals surface area contributed by atoms with Gasteiger partial charge in [0.25, 0.3) is 0 Å². The molecule has 3 aromatic rings. The minimum atomic E-state index is -1.22. The number of hydrogen-bond donors (Lipinski definition) is 3.